The predicted octanol–water partition coefficient (Wildman–Crippen LogP) is 1.02. The summed E-state index contributed by atoms with van der Waals surface area (Å²) >= 11 is 6.95. The average molecular weight is 306 g/mol. The van der Waals surface area contributed by atoms with Gasteiger partial charge in [-0.15, -0.1) is 0 Å². The van der Waals surface area contributed by atoms with E-state index in [0.717, 1.165) is 21.4 Å². The lowest BCUT2D eigenvalue weighted by Crippen LogP contribution is -2.27. The summed E-state index contributed by atoms with van der Waals surface area (Å²) in [4.78, 5) is 27.7. The zero-order valence-corrected chi connectivity index (χ0v) is 11.9. The van der Waals surface area contributed by atoms with E-state index in [0.29, 0.717) is 14.5 Å². The number of halogens is 1. The van der Waals surface area contributed by atoms with Crippen LogP contribution in [0.4, 0.5) is 0 Å². The first kappa shape index (κ1) is 13.0. The second-order valence-electron chi connectivity index (χ2n) is 4.16. The molecule has 0 aliphatic rings. The summed E-state index contributed by atoms with van der Waals surface area (Å²) < 4.78 is 1.63. The summed E-state index contributed by atoms with van der Waals surface area (Å²) in [6.07, 6.45) is 1.72. The fourth-order valence-electron chi connectivity index (χ4n) is 1.70. The van der Waals surface area contributed by atoms with Crippen LogP contribution in [-0.2, 0) is 0 Å². The van der Waals surface area contributed by atoms with Gasteiger partial charge in [0.1, 0.15) is 5.69 Å². The lowest BCUT2D eigenvalue weighted by Gasteiger charge is -1.91. The Balaban J connectivity index is 2.27. The van der Waals surface area contributed by atoms with Crippen LogP contribution in [0.25, 0.3) is 11.0 Å². The molecule has 0 bridgehead atoms. The number of aromatic nitrogens is 3. The quantitative estimate of drug-likeness (QED) is 0.673. The van der Waals surface area contributed by atoms with Crippen molar-refractivity contribution in [2.24, 2.45) is 0 Å². The van der Waals surface area contributed by atoms with Gasteiger partial charge in [-0.25, -0.2) is 0 Å². The molecule has 0 amide bonds. The minimum Gasteiger partial charge on any atom is -0.266 e. The normalized spacial score (nSPS) is 12.2. The number of fused-ring (bicyclic) bond motifs is 1. The summed E-state index contributed by atoms with van der Waals surface area (Å²) in [6.45, 7) is 1.53. The van der Waals surface area contributed by atoms with Crippen LogP contribution in [0.5, 0.6) is 0 Å². The molecule has 0 radical (unpaired) electrons. The first-order valence-electron chi connectivity index (χ1n) is 5.72. The van der Waals surface area contributed by atoms with Gasteiger partial charge in [0.2, 0.25) is 4.96 Å². The number of rotatable bonds is 1. The molecule has 7 heteroatoms. The highest BCUT2D eigenvalue weighted by Gasteiger charge is 2.07. The molecule has 2 aromatic heterocycles. The topological polar surface area (TPSA) is 64.3 Å². The summed E-state index contributed by atoms with van der Waals surface area (Å²) in [5, 5.41) is 4.58. The summed E-state index contributed by atoms with van der Waals surface area (Å²) in [5.41, 5.74) is 0.355. The van der Waals surface area contributed by atoms with E-state index in [1.165, 1.54) is 6.92 Å². The molecule has 0 N–H and O–H groups in total. The van der Waals surface area contributed by atoms with Crippen LogP contribution in [0.3, 0.4) is 0 Å². The first-order valence-corrected chi connectivity index (χ1v) is 6.92. The third kappa shape index (κ3) is 2.23. The minimum atomic E-state index is -0.413. The van der Waals surface area contributed by atoms with Gasteiger partial charge in [0.25, 0.3) is 11.1 Å². The van der Waals surface area contributed by atoms with E-state index < -0.39 is 5.56 Å². The zero-order chi connectivity index (χ0) is 14.3. The monoisotopic (exact) mass is 305 g/mol. The minimum absolute atomic E-state index is 0.204. The van der Waals surface area contributed by atoms with Gasteiger partial charge in [-0.3, -0.25) is 9.59 Å². The van der Waals surface area contributed by atoms with Gasteiger partial charge in [0.15, 0.2) is 0 Å². The van der Waals surface area contributed by atoms with Gasteiger partial charge < -0.3 is 0 Å². The fourth-order valence-corrected chi connectivity index (χ4v) is 2.73. The Bertz CT molecular complexity index is 960. The van der Waals surface area contributed by atoms with Gasteiger partial charge in [-0.05, 0) is 30.7 Å². The van der Waals surface area contributed by atoms with E-state index in [4.69, 9.17) is 11.6 Å². The van der Waals surface area contributed by atoms with Crippen molar-refractivity contribution in [1.82, 2.24) is 14.6 Å². The van der Waals surface area contributed by atoms with E-state index in [1.54, 1.807) is 18.2 Å². The van der Waals surface area contributed by atoms with Gasteiger partial charge in [0.05, 0.1) is 4.53 Å². The highest BCUT2D eigenvalue weighted by atomic mass is 35.5. The number of hydrogen-bond acceptors (Lipinski definition) is 5. The van der Waals surface area contributed by atoms with E-state index in [2.05, 4.69) is 10.1 Å². The molecule has 5 nitrogen and oxygen atoms in total. The Morgan fingerprint density at radius 1 is 1.25 bits per heavy atom. The number of nitrogens with zero attached hydrogens (tertiary/aromatic N) is 3. The Morgan fingerprint density at radius 3 is 2.65 bits per heavy atom. The van der Waals surface area contributed by atoms with Crippen LogP contribution < -0.4 is 15.7 Å². The second-order valence-corrected chi connectivity index (χ2v) is 5.61. The largest absolute Gasteiger partial charge is 0.295 e. The molecule has 0 fully saturated rings. The van der Waals surface area contributed by atoms with Crippen molar-refractivity contribution in [1.29, 1.82) is 0 Å². The van der Waals surface area contributed by atoms with Crippen LogP contribution in [0.2, 0.25) is 5.02 Å². The highest BCUT2D eigenvalue weighted by Crippen LogP contribution is 2.09. The van der Waals surface area contributed by atoms with Gasteiger partial charge in [0, 0.05) is 5.02 Å². The molecule has 100 valence electrons. The van der Waals surface area contributed by atoms with E-state index in [1.807, 2.05) is 12.1 Å². The van der Waals surface area contributed by atoms with Crippen molar-refractivity contribution < 1.29 is 0 Å². The maximum Gasteiger partial charge on any atom is 0.295 e. The summed E-state index contributed by atoms with van der Waals surface area (Å²) in [6, 6.07) is 7.10. The van der Waals surface area contributed by atoms with E-state index in [9.17, 15) is 9.59 Å². The molecule has 0 atom stereocenters. The molecule has 3 aromatic rings. The lowest BCUT2D eigenvalue weighted by molar-refractivity contribution is 0.833. The highest BCUT2D eigenvalue weighted by molar-refractivity contribution is 7.15. The van der Waals surface area contributed by atoms with E-state index in [-0.39, 0.29) is 11.3 Å². The predicted molar refractivity (Wildman–Crippen MR) is 78.4 cm³/mol. The van der Waals surface area contributed by atoms with Crippen molar-refractivity contribution in [3.05, 3.63) is 65.8 Å². The van der Waals surface area contributed by atoms with Gasteiger partial charge in [-0.1, -0.05) is 35.1 Å². The average Bonchev–Trinajstić information content (AvgIpc) is 2.70. The standard InChI is InChI=1S/C13H8ClN3O2S/c1-7-11(18)15-13-17(16-7)12(19)10(20-13)6-8-2-4-9(14)5-3-8/h2-6H,1H3/b10-6+. The van der Waals surface area contributed by atoms with Crippen LogP contribution in [0.1, 0.15) is 11.3 Å². The molecule has 0 spiro atoms. The number of thiazole rings is 1. The van der Waals surface area contributed by atoms with Crippen molar-refractivity contribution >= 4 is 34.0 Å². The molecular formula is C13H8ClN3O2S. The van der Waals surface area contributed by atoms with Crippen LogP contribution >= 0.6 is 22.9 Å². The summed E-state index contributed by atoms with van der Waals surface area (Å²) in [5.74, 6) is 0. The van der Waals surface area contributed by atoms with Crippen LogP contribution in [-0.4, -0.2) is 14.6 Å². The van der Waals surface area contributed by atoms with Crippen molar-refractivity contribution in [3.63, 3.8) is 0 Å². The van der Waals surface area contributed by atoms with Crippen LogP contribution in [0.15, 0.2) is 33.9 Å². The number of benzene rings is 1. The van der Waals surface area contributed by atoms with Gasteiger partial charge >= 0.3 is 0 Å². The first-order chi connectivity index (χ1) is 9.54. The fraction of sp³-hybridized carbons (Fsp3) is 0.0769. The molecule has 0 saturated carbocycles. The van der Waals surface area contributed by atoms with E-state index >= 15 is 0 Å². The Hall–Kier alpha value is -2.05. The maximum absolute atomic E-state index is 12.2. The number of aryl methyl sites for hydroxylation is 1. The molecule has 0 aliphatic carbocycles. The molecular weight excluding hydrogens is 298 g/mol. The smallest absolute Gasteiger partial charge is 0.266 e. The molecule has 3 rings (SSSR count). The lowest BCUT2D eigenvalue weighted by atomic mass is 10.2. The van der Waals surface area contributed by atoms with Crippen molar-refractivity contribution in [2.45, 2.75) is 6.92 Å². The number of hydrogen-bond donors (Lipinski definition) is 0. The Labute approximate surface area is 121 Å². The zero-order valence-electron chi connectivity index (χ0n) is 10.3. The maximum atomic E-state index is 12.2. The Kier molecular flexibility index (Phi) is 3.11. The molecule has 20 heavy (non-hydrogen) atoms. The Morgan fingerprint density at radius 2 is 1.95 bits per heavy atom. The third-order valence-electron chi connectivity index (χ3n) is 2.71. The van der Waals surface area contributed by atoms with Crippen molar-refractivity contribution in [3.8, 4) is 0 Å². The van der Waals surface area contributed by atoms with Gasteiger partial charge in [-0.2, -0.15) is 14.6 Å². The SMILES string of the molecule is Cc1nn2c(=O)/c(=C\c3ccc(Cl)cc3)sc2nc1=O. The molecule has 0 aliphatic heterocycles. The second kappa shape index (κ2) is 4.81. The van der Waals surface area contributed by atoms with Crippen molar-refractivity contribution in [2.75, 3.05) is 0 Å². The third-order valence-corrected chi connectivity index (χ3v) is 3.92. The molecule has 0 unspecified atom stereocenters. The molecule has 0 saturated heterocycles. The summed E-state index contributed by atoms with van der Waals surface area (Å²) in [7, 11) is 0. The molecule has 1 aromatic carbocycles. The van der Waals surface area contributed by atoms with Crippen LogP contribution in [0, 0.1) is 6.92 Å². The molecule has 2 heterocycles.